The van der Waals surface area contributed by atoms with Crippen molar-refractivity contribution in [2.75, 3.05) is 13.2 Å². The highest BCUT2D eigenvalue weighted by molar-refractivity contribution is 7.16. The van der Waals surface area contributed by atoms with E-state index in [4.69, 9.17) is 9.47 Å². The summed E-state index contributed by atoms with van der Waals surface area (Å²) >= 11 is 1.54. The number of ether oxygens (including phenoxy) is 2. The van der Waals surface area contributed by atoms with Gasteiger partial charge in [0, 0.05) is 5.56 Å². The Morgan fingerprint density at radius 2 is 1.22 bits per heavy atom. The summed E-state index contributed by atoms with van der Waals surface area (Å²) in [6.45, 7) is 6.11. The third kappa shape index (κ3) is 12.2. The molecule has 1 aliphatic carbocycles. The van der Waals surface area contributed by atoms with Crippen LogP contribution in [0, 0.1) is 11.8 Å². The lowest BCUT2D eigenvalue weighted by Gasteiger charge is -2.28. The standard InChI is InChI=1S/C32H52N2O2S/c1-3-5-7-8-9-10-11-13-25-35-30-23-21-29(22-24-30)31-33-34-32(37-31)36-26-14-16-28-19-17-27(18-20-28)15-12-6-4-2/h21-24,27-28H,3-20,25-26H2,1-2H3. The summed E-state index contributed by atoms with van der Waals surface area (Å²) in [7, 11) is 0. The van der Waals surface area contributed by atoms with E-state index in [1.807, 2.05) is 12.1 Å². The molecule has 37 heavy (non-hydrogen) atoms. The number of hydrogen-bond donors (Lipinski definition) is 0. The minimum atomic E-state index is 0.685. The molecular formula is C32H52N2O2S. The Bertz CT molecular complexity index is 814. The average Bonchev–Trinajstić information content (AvgIpc) is 3.40. The molecule has 1 aromatic heterocycles. The van der Waals surface area contributed by atoms with Crippen molar-refractivity contribution in [1.29, 1.82) is 0 Å². The summed E-state index contributed by atoms with van der Waals surface area (Å²) in [5.74, 6) is 2.82. The predicted molar refractivity (Wildman–Crippen MR) is 158 cm³/mol. The van der Waals surface area contributed by atoms with Crippen LogP contribution in [0.25, 0.3) is 10.6 Å². The van der Waals surface area contributed by atoms with Crippen molar-refractivity contribution in [3.63, 3.8) is 0 Å². The normalized spacial score (nSPS) is 17.7. The van der Waals surface area contributed by atoms with Gasteiger partial charge < -0.3 is 9.47 Å². The van der Waals surface area contributed by atoms with Crippen molar-refractivity contribution in [2.45, 2.75) is 129 Å². The Balaban J connectivity index is 1.25. The Kier molecular flexibility index (Phi) is 15.0. The lowest BCUT2D eigenvalue weighted by Crippen LogP contribution is -2.15. The summed E-state index contributed by atoms with van der Waals surface area (Å²) in [6, 6.07) is 8.24. The molecule has 0 unspecified atom stereocenters. The van der Waals surface area contributed by atoms with Gasteiger partial charge >= 0.3 is 0 Å². The Morgan fingerprint density at radius 1 is 0.649 bits per heavy atom. The van der Waals surface area contributed by atoms with Gasteiger partial charge in [-0.05, 0) is 55.4 Å². The van der Waals surface area contributed by atoms with Crippen LogP contribution in [0.2, 0.25) is 0 Å². The fourth-order valence-corrected chi connectivity index (χ4v) is 6.25. The van der Waals surface area contributed by atoms with E-state index in [1.54, 1.807) is 0 Å². The molecule has 1 aliphatic rings. The van der Waals surface area contributed by atoms with E-state index in [0.717, 1.165) is 54.2 Å². The molecular weight excluding hydrogens is 476 g/mol. The maximum absolute atomic E-state index is 5.94. The smallest absolute Gasteiger partial charge is 0.294 e. The van der Waals surface area contributed by atoms with Gasteiger partial charge in [0.15, 0.2) is 5.01 Å². The van der Waals surface area contributed by atoms with Crippen LogP contribution in [-0.4, -0.2) is 23.4 Å². The molecule has 0 radical (unpaired) electrons. The highest BCUT2D eigenvalue weighted by atomic mass is 32.1. The lowest BCUT2D eigenvalue weighted by molar-refractivity contribution is 0.227. The first kappa shape index (κ1) is 29.9. The quantitative estimate of drug-likeness (QED) is 0.160. The van der Waals surface area contributed by atoms with Crippen molar-refractivity contribution in [1.82, 2.24) is 10.2 Å². The van der Waals surface area contributed by atoms with Crippen LogP contribution >= 0.6 is 11.3 Å². The SMILES string of the molecule is CCCCCCCCCCOc1ccc(-c2nnc(OCCCC3CCC(CCCCC)CC3)s2)cc1. The fraction of sp³-hybridized carbons (Fsp3) is 0.750. The molecule has 2 aromatic rings. The van der Waals surface area contributed by atoms with E-state index in [0.29, 0.717) is 5.19 Å². The average molecular weight is 529 g/mol. The van der Waals surface area contributed by atoms with Crippen LogP contribution in [0.3, 0.4) is 0 Å². The first-order valence-corrected chi connectivity index (χ1v) is 16.3. The number of aromatic nitrogens is 2. The molecule has 0 N–H and O–H groups in total. The Morgan fingerprint density at radius 3 is 1.89 bits per heavy atom. The zero-order valence-corrected chi connectivity index (χ0v) is 24.5. The maximum atomic E-state index is 5.94. The second kappa shape index (κ2) is 18.6. The van der Waals surface area contributed by atoms with Gasteiger partial charge in [-0.2, -0.15) is 0 Å². The maximum Gasteiger partial charge on any atom is 0.294 e. The van der Waals surface area contributed by atoms with E-state index in [2.05, 4.69) is 36.2 Å². The molecule has 3 rings (SSSR count). The van der Waals surface area contributed by atoms with Gasteiger partial charge in [-0.25, -0.2) is 0 Å². The summed E-state index contributed by atoms with van der Waals surface area (Å²) < 4.78 is 11.9. The molecule has 0 saturated heterocycles. The number of benzene rings is 1. The summed E-state index contributed by atoms with van der Waals surface area (Å²) in [4.78, 5) is 0. The van der Waals surface area contributed by atoms with Gasteiger partial charge in [0.25, 0.3) is 5.19 Å². The van der Waals surface area contributed by atoms with E-state index in [-0.39, 0.29) is 0 Å². The lowest BCUT2D eigenvalue weighted by atomic mass is 9.78. The van der Waals surface area contributed by atoms with Gasteiger partial charge in [-0.3, -0.25) is 0 Å². The van der Waals surface area contributed by atoms with Crippen molar-refractivity contribution in [2.24, 2.45) is 11.8 Å². The molecule has 1 fully saturated rings. The monoisotopic (exact) mass is 528 g/mol. The molecule has 0 atom stereocenters. The number of rotatable bonds is 20. The van der Waals surface area contributed by atoms with E-state index in [1.165, 1.54) is 114 Å². The fourth-order valence-electron chi connectivity index (χ4n) is 5.53. The first-order chi connectivity index (χ1) is 18.3. The van der Waals surface area contributed by atoms with E-state index < -0.39 is 0 Å². The van der Waals surface area contributed by atoms with Crippen LogP contribution in [0.5, 0.6) is 10.9 Å². The topological polar surface area (TPSA) is 44.2 Å². The molecule has 0 spiro atoms. The number of unbranched alkanes of at least 4 members (excludes halogenated alkanes) is 9. The largest absolute Gasteiger partial charge is 0.494 e. The Labute approximate surface area is 231 Å². The molecule has 5 heteroatoms. The van der Waals surface area contributed by atoms with Crippen molar-refractivity contribution >= 4 is 11.3 Å². The number of nitrogens with zero attached hydrogens (tertiary/aromatic N) is 2. The minimum absolute atomic E-state index is 0.685. The van der Waals surface area contributed by atoms with Crippen molar-refractivity contribution in [3.8, 4) is 21.5 Å². The van der Waals surface area contributed by atoms with Crippen molar-refractivity contribution < 1.29 is 9.47 Å². The highest BCUT2D eigenvalue weighted by Gasteiger charge is 2.20. The molecule has 0 aliphatic heterocycles. The number of hydrogen-bond acceptors (Lipinski definition) is 5. The van der Waals surface area contributed by atoms with Crippen LogP contribution in [-0.2, 0) is 0 Å². The van der Waals surface area contributed by atoms with Gasteiger partial charge in [-0.1, -0.05) is 127 Å². The second-order valence-corrected chi connectivity index (χ2v) is 12.0. The summed E-state index contributed by atoms with van der Waals surface area (Å²) in [5.41, 5.74) is 1.07. The third-order valence-electron chi connectivity index (χ3n) is 7.94. The zero-order chi connectivity index (χ0) is 26.0. The highest BCUT2D eigenvalue weighted by Crippen LogP contribution is 2.34. The zero-order valence-electron chi connectivity index (χ0n) is 23.7. The first-order valence-electron chi connectivity index (χ1n) is 15.5. The van der Waals surface area contributed by atoms with Gasteiger partial charge in [0.2, 0.25) is 0 Å². The van der Waals surface area contributed by atoms with Gasteiger partial charge in [-0.15, -0.1) is 5.10 Å². The van der Waals surface area contributed by atoms with Crippen LogP contribution in [0.15, 0.2) is 24.3 Å². The molecule has 0 amide bonds. The van der Waals surface area contributed by atoms with Crippen LogP contribution < -0.4 is 9.47 Å². The molecule has 0 bridgehead atoms. The van der Waals surface area contributed by atoms with Crippen LogP contribution in [0.1, 0.15) is 129 Å². The van der Waals surface area contributed by atoms with Crippen LogP contribution in [0.4, 0.5) is 0 Å². The van der Waals surface area contributed by atoms with Gasteiger partial charge in [0.1, 0.15) is 5.75 Å². The minimum Gasteiger partial charge on any atom is -0.494 e. The van der Waals surface area contributed by atoms with E-state index >= 15 is 0 Å². The third-order valence-corrected chi connectivity index (χ3v) is 8.82. The molecule has 1 heterocycles. The molecule has 1 saturated carbocycles. The predicted octanol–water partition coefficient (Wildman–Crippen LogP) is 10.3. The molecule has 208 valence electrons. The Hall–Kier alpha value is -1.62. The molecule has 4 nitrogen and oxygen atoms in total. The molecule has 1 aromatic carbocycles. The summed E-state index contributed by atoms with van der Waals surface area (Å²) in [5, 5.41) is 10.2. The summed E-state index contributed by atoms with van der Waals surface area (Å²) in [6.07, 6.45) is 24.3. The second-order valence-electron chi connectivity index (χ2n) is 11.1. The van der Waals surface area contributed by atoms with Crippen molar-refractivity contribution in [3.05, 3.63) is 24.3 Å². The van der Waals surface area contributed by atoms with Gasteiger partial charge in [0.05, 0.1) is 13.2 Å². The van der Waals surface area contributed by atoms with E-state index in [9.17, 15) is 0 Å².